The lowest BCUT2D eigenvalue weighted by molar-refractivity contribution is -0.116. The quantitative estimate of drug-likeness (QED) is 0.595. The number of nitrogens with zero attached hydrogens (tertiary/aromatic N) is 2. The van der Waals surface area contributed by atoms with E-state index < -0.39 is 0 Å². The molecule has 7 heteroatoms. The van der Waals surface area contributed by atoms with Gasteiger partial charge in [0.05, 0.1) is 12.3 Å². The Labute approximate surface area is 175 Å². The van der Waals surface area contributed by atoms with Crippen LogP contribution in [0.15, 0.2) is 46.9 Å². The van der Waals surface area contributed by atoms with Crippen LogP contribution in [0.4, 0.5) is 5.69 Å². The minimum atomic E-state index is -0.0928. The van der Waals surface area contributed by atoms with Crippen LogP contribution in [0.25, 0.3) is 11.5 Å². The number of fused-ring (bicyclic) bond motifs is 1. The Morgan fingerprint density at radius 2 is 2.07 bits per heavy atom. The third-order valence-electron chi connectivity index (χ3n) is 4.85. The van der Waals surface area contributed by atoms with Gasteiger partial charge in [0.15, 0.2) is 0 Å². The van der Waals surface area contributed by atoms with Gasteiger partial charge in [0.25, 0.3) is 0 Å². The van der Waals surface area contributed by atoms with Gasteiger partial charge in [0.1, 0.15) is 17.6 Å². The van der Waals surface area contributed by atoms with Crippen molar-refractivity contribution in [3.63, 3.8) is 0 Å². The van der Waals surface area contributed by atoms with Gasteiger partial charge in [0.2, 0.25) is 17.7 Å². The molecule has 1 atom stereocenters. The van der Waals surface area contributed by atoms with Crippen LogP contribution in [0.1, 0.15) is 38.1 Å². The Balaban J connectivity index is 1.33. The summed E-state index contributed by atoms with van der Waals surface area (Å²) in [5, 5.41) is 11.1. The molecule has 1 aromatic heterocycles. The van der Waals surface area contributed by atoms with Crippen LogP contribution < -0.4 is 14.8 Å². The van der Waals surface area contributed by atoms with E-state index in [1.165, 1.54) is 0 Å². The number of carbonyl (C=O) groups excluding carboxylic acids is 1. The van der Waals surface area contributed by atoms with Gasteiger partial charge < -0.3 is 19.2 Å². The molecule has 0 bridgehead atoms. The minimum Gasteiger partial charge on any atom is -0.492 e. The third-order valence-corrected chi connectivity index (χ3v) is 4.85. The summed E-state index contributed by atoms with van der Waals surface area (Å²) in [6.07, 6.45) is 2.46. The maximum atomic E-state index is 12.5. The van der Waals surface area contributed by atoms with E-state index in [0.717, 1.165) is 23.3 Å². The molecule has 0 fully saturated rings. The van der Waals surface area contributed by atoms with Crippen LogP contribution in [-0.2, 0) is 17.6 Å². The van der Waals surface area contributed by atoms with Gasteiger partial charge in [-0.25, -0.2) is 0 Å². The van der Waals surface area contributed by atoms with Gasteiger partial charge in [-0.05, 0) is 38.5 Å². The first-order valence-corrected chi connectivity index (χ1v) is 10.3. The number of hydrogen-bond acceptors (Lipinski definition) is 6. The number of ether oxygens (including phenoxy) is 2. The standard InChI is InChI=1S/C23H25N3O4/c1-3-28-20-13-17-12-15(2)29-19(17)14-18(20)24-21(27)10-7-11-22-25-26-23(30-22)16-8-5-4-6-9-16/h4-6,8-9,13-15H,3,7,10-12H2,1-2H3,(H,24,27). The molecule has 2 heterocycles. The Kier molecular flexibility index (Phi) is 5.97. The number of aromatic nitrogens is 2. The zero-order valence-electron chi connectivity index (χ0n) is 17.2. The summed E-state index contributed by atoms with van der Waals surface area (Å²) in [5.74, 6) is 2.40. The van der Waals surface area contributed by atoms with Crippen molar-refractivity contribution < 1.29 is 18.7 Å². The first-order valence-electron chi connectivity index (χ1n) is 10.3. The second-order valence-electron chi connectivity index (χ2n) is 7.29. The Morgan fingerprint density at radius 1 is 1.23 bits per heavy atom. The van der Waals surface area contributed by atoms with Gasteiger partial charge >= 0.3 is 0 Å². The van der Waals surface area contributed by atoms with Crippen LogP contribution in [0, 0.1) is 0 Å². The highest BCUT2D eigenvalue weighted by Crippen LogP contribution is 2.38. The SMILES string of the molecule is CCOc1cc2c(cc1NC(=O)CCCc1nnc(-c3ccccc3)o1)OC(C)C2. The van der Waals surface area contributed by atoms with E-state index in [2.05, 4.69) is 15.5 Å². The molecule has 7 nitrogen and oxygen atoms in total. The molecule has 0 radical (unpaired) electrons. The molecule has 1 amide bonds. The topological polar surface area (TPSA) is 86.5 Å². The smallest absolute Gasteiger partial charge is 0.247 e. The highest BCUT2D eigenvalue weighted by Gasteiger charge is 2.22. The van der Waals surface area contributed by atoms with Crippen molar-refractivity contribution in [3.05, 3.63) is 53.9 Å². The number of nitrogens with one attached hydrogen (secondary N) is 1. The number of amides is 1. The first kappa shape index (κ1) is 19.9. The van der Waals surface area contributed by atoms with Crippen LogP contribution >= 0.6 is 0 Å². The van der Waals surface area contributed by atoms with Crippen molar-refractivity contribution in [2.45, 2.75) is 45.6 Å². The van der Waals surface area contributed by atoms with Crippen molar-refractivity contribution in [1.29, 1.82) is 0 Å². The Hall–Kier alpha value is -3.35. The summed E-state index contributed by atoms with van der Waals surface area (Å²) < 4.78 is 17.2. The number of anilines is 1. The Morgan fingerprint density at radius 3 is 2.87 bits per heavy atom. The van der Waals surface area contributed by atoms with E-state index in [1.54, 1.807) is 0 Å². The highest BCUT2D eigenvalue weighted by molar-refractivity contribution is 5.92. The van der Waals surface area contributed by atoms with Crippen LogP contribution in [0.2, 0.25) is 0 Å². The molecule has 4 rings (SSSR count). The minimum absolute atomic E-state index is 0.0928. The second-order valence-corrected chi connectivity index (χ2v) is 7.29. The van der Waals surface area contributed by atoms with Crippen LogP contribution in [-0.4, -0.2) is 28.8 Å². The van der Waals surface area contributed by atoms with E-state index in [0.29, 0.717) is 49.1 Å². The average molecular weight is 407 g/mol. The average Bonchev–Trinajstić information content (AvgIpc) is 3.35. The van der Waals surface area contributed by atoms with Crippen LogP contribution in [0.3, 0.4) is 0 Å². The molecule has 1 unspecified atom stereocenters. The number of benzene rings is 2. The summed E-state index contributed by atoms with van der Waals surface area (Å²) in [5.41, 5.74) is 2.62. The van der Waals surface area contributed by atoms with Crippen molar-refractivity contribution in [2.24, 2.45) is 0 Å². The summed E-state index contributed by atoms with van der Waals surface area (Å²) in [4.78, 5) is 12.5. The van der Waals surface area contributed by atoms with Gasteiger partial charge in [-0.2, -0.15) is 0 Å². The predicted molar refractivity (Wildman–Crippen MR) is 113 cm³/mol. The number of hydrogen-bond donors (Lipinski definition) is 1. The van der Waals surface area contributed by atoms with Crippen molar-refractivity contribution in [3.8, 4) is 23.0 Å². The molecular weight excluding hydrogens is 382 g/mol. The van der Waals surface area contributed by atoms with E-state index in [1.807, 2.05) is 56.3 Å². The molecule has 0 aliphatic carbocycles. The molecule has 1 aliphatic heterocycles. The van der Waals surface area contributed by atoms with Crippen LogP contribution in [0.5, 0.6) is 11.5 Å². The summed E-state index contributed by atoms with van der Waals surface area (Å²) in [6.45, 7) is 4.48. The van der Waals surface area contributed by atoms with E-state index in [4.69, 9.17) is 13.9 Å². The van der Waals surface area contributed by atoms with Crippen molar-refractivity contribution >= 4 is 11.6 Å². The fourth-order valence-electron chi connectivity index (χ4n) is 3.48. The molecule has 0 saturated carbocycles. The van der Waals surface area contributed by atoms with Gasteiger partial charge in [-0.15, -0.1) is 10.2 Å². The molecule has 1 N–H and O–H groups in total. The lowest BCUT2D eigenvalue weighted by atomic mass is 10.1. The molecule has 0 saturated heterocycles. The normalized spacial score (nSPS) is 14.8. The molecule has 1 aliphatic rings. The lowest BCUT2D eigenvalue weighted by Gasteiger charge is -2.13. The Bertz CT molecular complexity index is 1020. The number of aryl methyl sites for hydroxylation is 1. The predicted octanol–water partition coefficient (Wildman–Crippen LogP) is 4.42. The summed E-state index contributed by atoms with van der Waals surface area (Å²) >= 11 is 0. The van der Waals surface area contributed by atoms with Gasteiger partial charge in [-0.3, -0.25) is 4.79 Å². The first-order chi connectivity index (χ1) is 14.6. The fraction of sp³-hybridized carbons (Fsp3) is 0.348. The van der Waals surface area contributed by atoms with Crippen molar-refractivity contribution in [2.75, 3.05) is 11.9 Å². The number of rotatable bonds is 8. The van der Waals surface area contributed by atoms with E-state index in [9.17, 15) is 4.79 Å². The molecule has 0 spiro atoms. The monoisotopic (exact) mass is 407 g/mol. The van der Waals surface area contributed by atoms with E-state index >= 15 is 0 Å². The van der Waals surface area contributed by atoms with Crippen molar-refractivity contribution in [1.82, 2.24) is 10.2 Å². The summed E-state index contributed by atoms with van der Waals surface area (Å²) in [7, 11) is 0. The maximum Gasteiger partial charge on any atom is 0.247 e. The number of carbonyl (C=O) groups is 1. The molecular formula is C23H25N3O4. The maximum absolute atomic E-state index is 12.5. The molecule has 2 aromatic carbocycles. The van der Waals surface area contributed by atoms with Gasteiger partial charge in [-0.1, -0.05) is 18.2 Å². The van der Waals surface area contributed by atoms with E-state index in [-0.39, 0.29) is 12.0 Å². The highest BCUT2D eigenvalue weighted by atomic mass is 16.5. The largest absolute Gasteiger partial charge is 0.492 e. The molecule has 156 valence electrons. The molecule has 3 aromatic rings. The third kappa shape index (κ3) is 4.62. The van der Waals surface area contributed by atoms with Gasteiger partial charge in [0, 0.05) is 36.5 Å². The molecule has 30 heavy (non-hydrogen) atoms. The fourth-order valence-corrected chi connectivity index (χ4v) is 3.48. The zero-order valence-corrected chi connectivity index (χ0v) is 17.2. The second kappa shape index (κ2) is 8.98. The lowest BCUT2D eigenvalue weighted by Crippen LogP contribution is -2.13. The summed E-state index contributed by atoms with van der Waals surface area (Å²) in [6, 6.07) is 13.4. The zero-order chi connectivity index (χ0) is 20.9.